The molecule has 1 unspecified atom stereocenters. The summed E-state index contributed by atoms with van der Waals surface area (Å²) in [6.07, 6.45) is 8.45. The van der Waals surface area contributed by atoms with Crippen LogP contribution in [0, 0.1) is 0 Å². The molecular formula is C13H27NO. The van der Waals surface area contributed by atoms with Crippen molar-refractivity contribution in [3.8, 4) is 0 Å². The van der Waals surface area contributed by atoms with E-state index in [-0.39, 0.29) is 0 Å². The van der Waals surface area contributed by atoms with Crippen LogP contribution >= 0.6 is 0 Å². The maximum absolute atomic E-state index is 5.76. The summed E-state index contributed by atoms with van der Waals surface area (Å²) in [4.78, 5) is 2.49. The second-order valence-electron chi connectivity index (χ2n) is 4.86. The highest BCUT2D eigenvalue weighted by Gasteiger charge is 2.26. The number of nitrogens with zero attached hydrogens (tertiary/aromatic N) is 1. The predicted molar refractivity (Wildman–Crippen MR) is 65.0 cm³/mol. The number of ether oxygens (including phenoxy) is 1. The average Bonchev–Trinajstić information content (AvgIpc) is 2.66. The Labute approximate surface area is 95.0 Å². The summed E-state index contributed by atoms with van der Waals surface area (Å²) in [6, 6.07) is 0.633. The average molecular weight is 213 g/mol. The Morgan fingerprint density at radius 3 is 2.60 bits per heavy atom. The Morgan fingerprint density at radius 2 is 1.93 bits per heavy atom. The monoisotopic (exact) mass is 213 g/mol. The van der Waals surface area contributed by atoms with Crippen molar-refractivity contribution in [3.05, 3.63) is 0 Å². The van der Waals surface area contributed by atoms with Gasteiger partial charge in [0.2, 0.25) is 0 Å². The van der Waals surface area contributed by atoms with Gasteiger partial charge in [-0.25, -0.2) is 0 Å². The largest absolute Gasteiger partial charge is 0.362 e. The molecule has 0 aliphatic carbocycles. The topological polar surface area (TPSA) is 12.5 Å². The van der Waals surface area contributed by atoms with Gasteiger partial charge in [-0.3, -0.25) is 4.90 Å². The molecule has 1 aliphatic rings. The third kappa shape index (κ3) is 4.52. The first kappa shape index (κ1) is 13.0. The van der Waals surface area contributed by atoms with E-state index in [0.717, 1.165) is 13.2 Å². The van der Waals surface area contributed by atoms with E-state index in [9.17, 15) is 0 Å². The molecule has 0 aromatic rings. The van der Waals surface area contributed by atoms with E-state index in [1.807, 2.05) is 0 Å². The molecule has 0 aromatic carbocycles. The fourth-order valence-electron chi connectivity index (χ4n) is 2.30. The minimum absolute atomic E-state index is 0.409. The zero-order valence-electron chi connectivity index (χ0n) is 10.7. The molecule has 0 saturated carbocycles. The highest BCUT2D eigenvalue weighted by molar-refractivity contribution is 4.73. The summed E-state index contributed by atoms with van der Waals surface area (Å²) in [5.74, 6) is 0. The maximum atomic E-state index is 5.76. The van der Waals surface area contributed by atoms with Crippen LogP contribution in [0.3, 0.4) is 0 Å². The Balaban J connectivity index is 2.09. The minimum Gasteiger partial charge on any atom is -0.362 e. The van der Waals surface area contributed by atoms with Crippen LogP contribution in [0.2, 0.25) is 0 Å². The van der Waals surface area contributed by atoms with Crippen LogP contribution in [-0.2, 0) is 4.74 Å². The van der Waals surface area contributed by atoms with Crippen LogP contribution in [0.25, 0.3) is 0 Å². The van der Waals surface area contributed by atoms with Gasteiger partial charge >= 0.3 is 0 Å². The van der Waals surface area contributed by atoms with Gasteiger partial charge in [-0.2, -0.15) is 0 Å². The van der Waals surface area contributed by atoms with Gasteiger partial charge in [0.05, 0.1) is 6.61 Å². The zero-order valence-corrected chi connectivity index (χ0v) is 10.7. The van der Waals surface area contributed by atoms with E-state index < -0.39 is 0 Å². The molecule has 2 heteroatoms. The molecular weight excluding hydrogens is 186 g/mol. The van der Waals surface area contributed by atoms with E-state index in [1.165, 1.54) is 38.5 Å². The molecule has 1 saturated heterocycles. The van der Waals surface area contributed by atoms with E-state index in [0.29, 0.717) is 12.3 Å². The minimum atomic E-state index is 0.409. The van der Waals surface area contributed by atoms with E-state index in [4.69, 9.17) is 4.74 Å². The van der Waals surface area contributed by atoms with E-state index in [1.54, 1.807) is 0 Å². The third-order valence-corrected chi connectivity index (χ3v) is 3.25. The Morgan fingerprint density at radius 1 is 1.20 bits per heavy atom. The first-order valence-electron chi connectivity index (χ1n) is 6.63. The molecule has 0 amide bonds. The van der Waals surface area contributed by atoms with Crippen molar-refractivity contribution in [2.75, 3.05) is 13.2 Å². The molecule has 0 aromatic heterocycles. The molecule has 0 radical (unpaired) electrons. The van der Waals surface area contributed by atoms with Crippen LogP contribution in [0.1, 0.15) is 59.3 Å². The van der Waals surface area contributed by atoms with Crippen molar-refractivity contribution < 1.29 is 4.74 Å². The summed E-state index contributed by atoms with van der Waals surface area (Å²) in [5, 5.41) is 0. The van der Waals surface area contributed by atoms with E-state index >= 15 is 0 Å². The molecule has 90 valence electrons. The van der Waals surface area contributed by atoms with Gasteiger partial charge in [-0.1, -0.05) is 32.6 Å². The van der Waals surface area contributed by atoms with Crippen LogP contribution < -0.4 is 0 Å². The van der Waals surface area contributed by atoms with Crippen LogP contribution in [0.15, 0.2) is 0 Å². The molecule has 1 fully saturated rings. The smallest absolute Gasteiger partial charge is 0.110 e. The van der Waals surface area contributed by atoms with Crippen molar-refractivity contribution >= 4 is 0 Å². The van der Waals surface area contributed by atoms with Gasteiger partial charge in [-0.05, 0) is 26.7 Å². The van der Waals surface area contributed by atoms with Gasteiger partial charge in [0.1, 0.15) is 6.23 Å². The fraction of sp³-hybridized carbons (Fsp3) is 1.00. The molecule has 0 spiro atoms. The number of unbranched alkanes of at least 4 members (excludes halogenated alkanes) is 4. The second-order valence-corrected chi connectivity index (χ2v) is 4.86. The lowest BCUT2D eigenvalue weighted by atomic mass is 10.1. The highest BCUT2D eigenvalue weighted by atomic mass is 16.5. The third-order valence-electron chi connectivity index (χ3n) is 3.25. The van der Waals surface area contributed by atoms with Crippen LogP contribution in [0.4, 0.5) is 0 Å². The number of hydrogen-bond donors (Lipinski definition) is 0. The zero-order chi connectivity index (χ0) is 11.1. The van der Waals surface area contributed by atoms with Gasteiger partial charge in [0.25, 0.3) is 0 Å². The van der Waals surface area contributed by atoms with Crippen molar-refractivity contribution in [1.82, 2.24) is 4.90 Å². The molecule has 15 heavy (non-hydrogen) atoms. The summed E-state index contributed by atoms with van der Waals surface area (Å²) >= 11 is 0. The van der Waals surface area contributed by atoms with Crippen molar-refractivity contribution in [2.45, 2.75) is 71.6 Å². The molecule has 2 nitrogen and oxygen atoms in total. The lowest BCUT2D eigenvalue weighted by molar-refractivity contribution is 0.0115. The highest BCUT2D eigenvalue weighted by Crippen LogP contribution is 2.19. The van der Waals surface area contributed by atoms with Crippen molar-refractivity contribution in [3.63, 3.8) is 0 Å². The Hall–Kier alpha value is -0.0800. The molecule has 0 N–H and O–H groups in total. The quantitative estimate of drug-likeness (QED) is 0.601. The standard InChI is InChI=1S/C13H27NO/c1-4-5-6-7-8-9-13-14(12(2)3)10-11-15-13/h12-13H,4-11H2,1-3H3. The Bertz CT molecular complexity index is 159. The molecule has 1 atom stereocenters. The lowest BCUT2D eigenvalue weighted by Crippen LogP contribution is -2.36. The van der Waals surface area contributed by atoms with Gasteiger partial charge in [0, 0.05) is 12.6 Å². The van der Waals surface area contributed by atoms with Gasteiger partial charge in [0.15, 0.2) is 0 Å². The van der Waals surface area contributed by atoms with Crippen molar-refractivity contribution in [1.29, 1.82) is 0 Å². The molecule has 1 rings (SSSR count). The summed E-state index contributed by atoms with van der Waals surface area (Å²) in [5.41, 5.74) is 0. The predicted octanol–water partition coefficient (Wildman–Crippen LogP) is 3.41. The molecule has 1 heterocycles. The SMILES string of the molecule is CCCCCCCC1OCCN1C(C)C. The number of rotatable bonds is 7. The lowest BCUT2D eigenvalue weighted by Gasteiger charge is -2.26. The second kappa shape index (κ2) is 7.24. The molecule has 1 aliphatic heterocycles. The summed E-state index contributed by atoms with van der Waals surface area (Å²) in [7, 11) is 0. The summed E-state index contributed by atoms with van der Waals surface area (Å²) < 4.78 is 5.76. The summed E-state index contributed by atoms with van der Waals surface area (Å²) in [6.45, 7) is 8.84. The normalized spacial score (nSPS) is 22.8. The van der Waals surface area contributed by atoms with Gasteiger partial charge in [-0.15, -0.1) is 0 Å². The van der Waals surface area contributed by atoms with Crippen LogP contribution in [-0.4, -0.2) is 30.3 Å². The maximum Gasteiger partial charge on any atom is 0.110 e. The first-order chi connectivity index (χ1) is 7.25. The van der Waals surface area contributed by atoms with E-state index in [2.05, 4.69) is 25.7 Å². The fourth-order valence-corrected chi connectivity index (χ4v) is 2.30. The van der Waals surface area contributed by atoms with Crippen molar-refractivity contribution in [2.24, 2.45) is 0 Å². The number of hydrogen-bond acceptors (Lipinski definition) is 2. The Kier molecular flexibility index (Phi) is 6.26. The van der Waals surface area contributed by atoms with Crippen LogP contribution in [0.5, 0.6) is 0 Å². The molecule has 0 bridgehead atoms. The first-order valence-corrected chi connectivity index (χ1v) is 6.63. The van der Waals surface area contributed by atoms with Gasteiger partial charge < -0.3 is 4.74 Å².